The molecule has 3 aromatic rings. The number of amides is 1. The fourth-order valence-corrected chi connectivity index (χ4v) is 6.49. The third-order valence-corrected chi connectivity index (χ3v) is 8.93. The highest BCUT2D eigenvalue weighted by atomic mass is 79.9. The number of alkyl halides is 1. The van der Waals surface area contributed by atoms with E-state index in [-0.39, 0.29) is 11.5 Å². The Hall–Kier alpha value is -1.80. The van der Waals surface area contributed by atoms with Crippen LogP contribution in [0.15, 0.2) is 41.8 Å². The van der Waals surface area contributed by atoms with Crippen molar-refractivity contribution in [1.29, 1.82) is 0 Å². The molecule has 180 valence electrons. The van der Waals surface area contributed by atoms with Crippen LogP contribution in [0.3, 0.4) is 0 Å². The maximum Gasteiger partial charge on any atom is 0.273 e. The van der Waals surface area contributed by atoms with Crippen LogP contribution in [0.25, 0.3) is 10.8 Å². The molecule has 2 aromatic carbocycles. The van der Waals surface area contributed by atoms with Crippen molar-refractivity contribution in [1.82, 2.24) is 14.8 Å². The summed E-state index contributed by atoms with van der Waals surface area (Å²) in [6, 6.07) is 13.2. The predicted molar refractivity (Wildman–Crippen MR) is 142 cm³/mol. The Labute approximate surface area is 214 Å². The summed E-state index contributed by atoms with van der Waals surface area (Å²) in [5, 5.41) is 6.48. The van der Waals surface area contributed by atoms with Crippen LogP contribution in [0.5, 0.6) is 0 Å². The first-order chi connectivity index (χ1) is 16.5. The van der Waals surface area contributed by atoms with Gasteiger partial charge in [-0.05, 0) is 34.7 Å². The van der Waals surface area contributed by atoms with E-state index in [1.807, 2.05) is 10.3 Å². The SMILES string of the molecule is CC(C)c1nc(C(=O)N2CCOC3(CCN(Cc4cccc5c(CBr)cccc45)CC3)C2)cs1. The fraction of sp³-hybridized carbons (Fsp3) is 0.481. The van der Waals surface area contributed by atoms with Crippen molar-refractivity contribution < 1.29 is 9.53 Å². The highest BCUT2D eigenvalue weighted by Gasteiger charge is 2.41. The number of halogens is 1. The van der Waals surface area contributed by atoms with E-state index in [9.17, 15) is 4.79 Å². The summed E-state index contributed by atoms with van der Waals surface area (Å²) >= 11 is 5.21. The van der Waals surface area contributed by atoms with Crippen molar-refractivity contribution in [3.63, 3.8) is 0 Å². The Morgan fingerprint density at radius 2 is 1.82 bits per heavy atom. The molecule has 1 amide bonds. The van der Waals surface area contributed by atoms with Crippen LogP contribution in [-0.4, -0.2) is 59.1 Å². The van der Waals surface area contributed by atoms with Crippen LogP contribution in [-0.2, 0) is 16.6 Å². The average molecular weight is 543 g/mol. The number of fused-ring (bicyclic) bond motifs is 1. The number of hydrogen-bond donors (Lipinski definition) is 0. The van der Waals surface area contributed by atoms with Gasteiger partial charge in [0.05, 0.1) is 23.8 Å². The summed E-state index contributed by atoms with van der Waals surface area (Å²) in [5.41, 5.74) is 3.06. The van der Waals surface area contributed by atoms with Gasteiger partial charge in [0.1, 0.15) is 5.69 Å². The lowest BCUT2D eigenvalue weighted by atomic mass is 9.88. The Kier molecular flexibility index (Phi) is 7.07. The molecular formula is C27H32BrN3O2S. The largest absolute Gasteiger partial charge is 0.371 e. The summed E-state index contributed by atoms with van der Waals surface area (Å²) in [4.78, 5) is 22.2. The molecule has 1 aromatic heterocycles. The summed E-state index contributed by atoms with van der Waals surface area (Å²) in [6.07, 6.45) is 1.89. The van der Waals surface area contributed by atoms with E-state index < -0.39 is 0 Å². The molecule has 0 radical (unpaired) electrons. The number of hydrogen-bond acceptors (Lipinski definition) is 5. The normalized spacial score (nSPS) is 18.8. The molecule has 34 heavy (non-hydrogen) atoms. The van der Waals surface area contributed by atoms with Gasteiger partial charge in [-0.1, -0.05) is 66.2 Å². The number of benzene rings is 2. The molecule has 7 heteroatoms. The van der Waals surface area contributed by atoms with Crippen LogP contribution in [0, 0.1) is 0 Å². The molecule has 0 aliphatic carbocycles. The maximum absolute atomic E-state index is 13.1. The molecule has 5 nitrogen and oxygen atoms in total. The van der Waals surface area contributed by atoms with Gasteiger partial charge in [0.15, 0.2) is 0 Å². The van der Waals surface area contributed by atoms with Gasteiger partial charge in [-0.25, -0.2) is 4.98 Å². The molecule has 5 rings (SSSR count). The molecule has 0 bridgehead atoms. The highest BCUT2D eigenvalue weighted by molar-refractivity contribution is 9.08. The van der Waals surface area contributed by atoms with E-state index in [4.69, 9.17) is 4.74 Å². The van der Waals surface area contributed by atoms with Gasteiger partial charge in [-0.15, -0.1) is 11.3 Å². The van der Waals surface area contributed by atoms with E-state index in [0.29, 0.717) is 31.3 Å². The summed E-state index contributed by atoms with van der Waals surface area (Å²) in [7, 11) is 0. The smallest absolute Gasteiger partial charge is 0.273 e. The number of likely N-dealkylation sites (tertiary alicyclic amines) is 1. The Balaban J connectivity index is 1.24. The van der Waals surface area contributed by atoms with Crippen LogP contribution >= 0.6 is 27.3 Å². The minimum absolute atomic E-state index is 0.0478. The minimum atomic E-state index is -0.233. The first-order valence-corrected chi connectivity index (χ1v) is 14.1. The lowest BCUT2D eigenvalue weighted by Crippen LogP contribution is -2.58. The first kappa shape index (κ1) is 23.9. The van der Waals surface area contributed by atoms with Crippen LogP contribution in [0.2, 0.25) is 0 Å². The number of aromatic nitrogens is 1. The van der Waals surface area contributed by atoms with Gasteiger partial charge >= 0.3 is 0 Å². The van der Waals surface area contributed by atoms with Crippen LogP contribution < -0.4 is 0 Å². The molecule has 3 heterocycles. The van der Waals surface area contributed by atoms with Crippen molar-refractivity contribution in [2.45, 2.75) is 50.1 Å². The fourth-order valence-electron chi connectivity index (χ4n) is 5.19. The number of thiazole rings is 1. The van der Waals surface area contributed by atoms with E-state index in [2.05, 4.69) is 76.1 Å². The number of piperidine rings is 1. The van der Waals surface area contributed by atoms with Crippen molar-refractivity contribution in [2.24, 2.45) is 0 Å². The van der Waals surface area contributed by atoms with Gasteiger partial charge in [0, 0.05) is 42.8 Å². The second kappa shape index (κ2) is 10.1. The van der Waals surface area contributed by atoms with Gasteiger partial charge in [-0.2, -0.15) is 0 Å². The second-order valence-electron chi connectivity index (χ2n) is 9.82. The van der Waals surface area contributed by atoms with Gasteiger partial charge < -0.3 is 9.64 Å². The topological polar surface area (TPSA) is 45.7 Å². The van der Waals surface area contributed by atoms with Crippen LogP contribution in [0.4, 0.5) is 0 Å². The number of carbonyl (C=O) groups excluding carboxylic acids is 1. The third-order valence-electron chi connectivity index (χ3n) is 7.18. The standard InChI is InChI=1S/C27H32BrN3O2S/c1-19(2)25-29-24(17-34-25)26(32)31-13-14-33-27(18-31)9-11-30(12-10-27)16-21-6-4-7-22-20(15-28)5-3-8-23(21)22/h3-8,17,19H,9-16,18H2,1-2H3. The number of carbonyl (C=O) groups is 1. The average Bonchev–Trinajstić information content (AvgIpc) is 3.36. The van der Waals surface area contributed by atoms with Gasteiger partial charge in [-0.3, -0.25) is 9.69 Å². The third kappa shape index (κ3) is 4.81. The zero-order chi connectivity index (χ0) is 23.7. The molecule has 2 aliphatic heterocycles. The Morgan fingerprint density at radius 1 is 1.12 bits per heavy atom. The van der Waals surface area contributed by atoms with Crippen molar-refractivity contribution >= 4 is 43.9 Å². The van der Waals surface area contributed by atoms with Crippen molar-refractivity contribution in [3.05, 3.63) is 63.6 Å². The summed E-state index contributed by atoms with van der Waals surface area (Å²) < 4.78 is 6.32. The molecule has 2 aliphatic rings. The molecule has 0 N–H and O–H groups in total. The summed E-state index contributed by atoms with van der Waals surface area (Å²) in [6.45, 7) is 9.04. The van der Waals surface area contributed by atoms with Crippen molar-refractivity contribution in [3.8, 4) is 0 Å². The molecule has 1 spiro atoms. The zero-order valence-corrected chi connectivity index (χ0v) is 22.3. The molecule has 0 atom stereocenters. The Morgan fingerprint density at radius 3 is 2.50 bits per heavy atom. The first-order valence-electron chi connectivity index (χ1n) is 12.1. The quantitative estimate of drug-likeness (QED) is 0.381. The molecular weight excluding hydrogens is 510 g/mol. The van der Waals surface area contributed by atoms with E-state index in [1.165, 1.54) is 21.9 Å². The molecule has 2 fully saturated rings. The Bertz CT molecular complexity index is 1170. The van der Waals surface area contributed by atoms with E-state index >= 15 is 0 Å². The lowest BCUT2D eigenvalue weighted by Gasteiger charge is -2.47. The molecule has 2 saturated heterocycles. The molecule has 0 unspecified atom stereocenters. The number of morpholine rings is 1. The maximum atomic E-state index is 13.1. The van der Waals surface area contributed by atoms with Gasteiger partial charge in [0.2, 0.25) is 0 Å². The van der Waals surface area contributed by atoms with E-state index in [0.717, 1.165) is 42.8 Å². The number of nitrogens with zero attached hydrogens (tertiary/aromatic N) is 3. The second-order valence-corrected chi connectivity index (χ2v) is 11.3. The number of rotatable bonds is 5. The predicted octanol–water partition coefficient (Wildman–Crippen LogP) is 5.82. The van der Waals surface area contributed by atoms with Gasteiger partial charge in [0.25, 0.3) is 5.91 Å². The van der Waals surface area contributed by atoms with Crippen molar-refractivity contribution in [2.75, 3.05) is 32.8 Å². The highest BCUT2D eigenvalue weighted by Crippen LogP contribution is 2.33. The lowest BCUT2D eigenvalue weighted by molar-refractivity contribution is -0.128. The molecule has 0 saturated carbocycles. The zero-order valence-electron chi connectivity index (χ0n) is 19.9. The van der Waals surface area contributed by atoms with E-state index in [1.54, 1.807) is 11.3 Å². The minimum Gasteiger partial charge on any atom is -0.371 e. The van der Waals surface area contributed by atoms with Crippen LogP contribution in [0.1, 0.15) is 59.2 Å². The monoisotopic (exact) mass is 541 g/mol. The summed E-state index contributed by atoms with van der Waals surface area (Å²) in [5.74, 6) is 0.395. The number of ether oxygens (including phenoxy) is 1.